The summed E-state index contributed by atoms with van der Waals surface area (Å²) >= 11 is 1.62. The molecule has 0 radical (unpaired) electrons. The van der Waals surface area contributed by atoms with Gasteiger partial charge in [-0.1, -0.05) is 6.07 Å². The Labute approximate surface area is 114 Å². The lowest BCUT2D eigenvalue weighted by Gasteiger charge is -2.07. The molecule has 0 fully saturated rings. The van der Waals surface area contributed by atoms with Gasteiger partial charge in [-0.15, -0.1) is 11.3 Å². The summed E-state index contributed by atoms with van der Waals surface area (Å²) in [5.41, 5.74) is 1.32. The van der Waals surface area contributed by atoms with Crippen LogP contribution in [0.15, 0.2) is 30.6 Å². The molecule has 0 unspecified atom stereocenters. The van der Waals surface area contributed by atoms with E-state index in [0.29, 0.717) is 17.1 Å². The second-order valence-electron chi connectivity index (χ2n) is 4.39. The van der Waals surface area contributed by atoms with Crippen molar-refractivity contribution in [2.24, 2.45) is 0 Å². The maximum atomic E-state index is 13.5. The molecule has 0 aliphatic rings. The summed E-state index contributed by atoms with van der Waals surface area (Å²) in [6, 6.07) is 7.09. The lowest BCUT2D eigenvalue weighted by molar-refractivity contribution is 0.619. The van der Waals surface area contributed by atoms with Crippen molar-refractivity contribution in [3.8, 4) is 0 Å². The van der Waals surface area contributed by atoms with Crippen LogP contribution in [0.4, 0.5) is 15.9 Å². The number of nitrogens with one attached hydrogen (secondary N) is 1. The minimum Gasteiger partial charge on any atom is -0.340 e. The lowest BCUT2D eigenvalue weighted by atomic mass is 10.2. The topological polar surface area (TPSA) is 37.8 Å². The predicted molar refractivity (Wildman–Crippen MR) is 76.6 cm³/mol. The van der Waals surface area contributed by atoms with E-state index in [2.05, 4.69) is 15.3 Å². The van der Waals surface area contributed by atoms with Gasteiger partial charge in [0.1, 0.15) is 22.8 Å². The van der Waals surface area contributed by atoms with Crippen molar-refractivity contribution < 1.29 is 4.39 Å². The highest BCUT2D eigenvalue weighted by molar-refractivity contribution is 7.18. The highest BCUT2D eigenvalue weighted by atomic mass is 32.1. The molecule has 0 bridgehead atoms. The smallest absolute Gasteiger partial charge is 0.142 e. The number of aromatic nitrogens is 2. The van der Waals surface area contributed by atoms with Gasteiger partial charge in [-0.25, -0.2) is 14.4 Å². The van der Waals surface area contributed by atoms with Crippen LogP contribution in [0.2, 0.25) is 0 Å². The Hall–Kier alpha value is -2.01. The number of hydrogen-bond donors (Lipinski definition) is 1. The molecule has 0 aliphatic heterocycles. The van der Waals surface area contributed by atoms with Gasteiger partial charge in [-0.2, -0.15) is 0 Å². The first-order chi connectivity index (χ1) is 9.13. The van der Waals surface area contributed by atoms with Crippen LogP contribution in [0.3, 0.4) is 0 Å². The molecule has 0 amide bonds. The highest BCUT2D eigenvalue weighted by Gasteiger charge is 2.07. The summed E-state index contributed by atoms with van der Waals surface area (Å²) in [7, 11) is 0. The zero-order valence-corrected chi connectivity index (χ0v) is 11.4. The van der Waals surface area contributed by atoms with Crippen LogP contribution in [0.1, 0.15) is 10.4 Å². The van der Waals surface area contributed by atoms with Gasteiger partial charge in [0, 0.05) is 10.6 Å². The van der Waals surface area contributed by atoms with E-state index >= 15 is 0 Å². The molecule has 3 aromatic rings. The van der Waals surface area contributed by atoms with Gasteiger partial charge >= 0.3 is 0 Å². The number of fused-ring (bicyclic) bond motifs is 1. The second-order valence-corrected chi connectivity index (χ2v) is 5.62. The zero-order valence-electron chi connectivity index (χ0n) is 10.6. The van der Waals surface area contributed by atoms with Crippen LogP contribution in [-0.2, 0) is 0 Å². The summed E-state index contributed by atoms with van der Waals surface area (Å²) in [6.45, 7) is 3.77. The first-order valence-electron chi connectivity index (χ1n) is 5.88. The van der Waals surface area contributed by atoms with Crippen LogP contribution in [0, 0.1) is 19.7 Å². The average molecular weight is 273 g/mol. The van der Waals surface area contributed by atoms with Crippen molar-refractivity contribution in [2.75, 3.05) is 5.32 Å². The van der Waals surface area contributed by atoms with Gasteiger partial charge < -0.3 is 5.32 Å². The molecular formula is C14H12FN3S. The highest BCUT2D eigenvalue weighted by Crippen LogP contribution is 2.29. The lowest BCUT2D eigenvalue weighted by Crippen LogP contribution is -1.95. The predicted octanol–water partition coefficient (Wildman–Crippen LogP) is 4.19. The second kappa shape index (κ2) is 4.59. The number of nitrogens with zero attached hydrogens (tertiary/aromatic N) is 2. The quantitative estimate of drug-likeness (QED) is 0.760. The van der Waals surface area contributed by atoms with Gasteiger partial charge in [0.2, 0.25) is 0 Å². The molecule has 1 N–H and O–H groups in total. The van der Waals surface area contributed by atoms with Gasteiger partial charge in [0.15, 0.2) is 0 Å². The van der Waals surface area contributed by atoms with Crippen molar-refractivity contribution in [1.29, 1.82) is 0 Å². The fourth-order valence-electron chi connectivity index (χ4n) is 1.88. The minimum atomic E-state index is -0.225. The molecule has 19 heavy (non-hydrogen) atoms. The van der Waals surface area contributed by atoms with E-state index in [0.717, 1.165) is 10.2 Å². The summed E-state index contributed by atoms with van der Waals surface area (Å²) in [6.07, 6.45) is 1.52. The molecule has 0 aliphatic carbocycles. The fourth-order valence-corrected chi connectivity index (χ4v) is 2.73. The van der Waals surface area contributed by atoms with Crippen molar-refractivity contribution in [1.82, 2.24) is 9.97 Å². The number of benzene rings is 1. The van der Waals surface area contributed by atoms with Gasteiger partial charge in [0.25, 0.3) is 0 Å². The maximum absolute atomic E-state index is 13.5. The van der Waals surface area contributed by atoms with Crippen LogP contribution in [0.25, 0.3) is 10.2 Å². The number of anilines is 2. The molecule has 0 saturated carbocycles. The van der Waals surface area contributed by atoms with Crippen molar-refractivity contribution in [3.63, 3.8) is 0 Å². The van der Waals surface area contributed by atoms with E-state index in [1.165, 1.54) is 17.3 Å². The zero-order chi connectivity index (χ0) is 13.4. The molecule has 2 aromatic heterocycles. The Bertz CT molecular complexity index is 752. The third kappa shape index (κ3) is 2.29. The van der Waals surface area contributed by atoms with Crippen LogP contribution >= 0.6 is 11.3 Å². The summed E-state index contributed by atoms with van der Waals surface area (Å²) in [4.78, 5) is 10.6. The Morgan fingerprint density at radius 3 is 2.79 bits per heavy atom. The van der Waals surface area contributed by atoms with Crippen LogP contribution in [0.5, 0.6) is 0 Å². The van der Waals surface area contributed by atoms with Gasteiger partial charge in [-0.3, -0.25) is 0 Å². The van der Waals surface area contributed by atoms with E-state index in [4.69, 9.17) is 0 Å². The van der Waals surface area contributed by atoms with E-state index in [1.54, 1.807) is 24.3 Å². The number of thiophene rings is 1. The monoisotopic (exact) mass is 273 g/mol. The SMILES string of the molecule is Cc1cc2c(Nc3ccc(C)c(F)c3)ncnc2s1. The molecule has 3 nitrogen and oxygen atoms in total. The van der Waals surface area contributed by atoms with E-state index in [1.807, 2.05) is 19.1 Å². The normalized spacial score (nSPS) is 10.9. The molecular weight excluding hydrogens is 261 g/mol. The van der Waals surface area contributed by atoms with Crippen LogP contribution in [-0.4, -0.2) is 9.97 Å². The van der Waals surface area contributed by atoms with E-state index in [-0.39, 0.29) is 5.82 Å². The van der Waals surface area contributed by atoms with Gasteiger partial charge in [0.05, 0.1) is 5.39 Å². The molecule has 0 spiro atoms. The molecule has 1 aromatic carbocycles. The molecule has 2 heterocycles. The summed E-state index contributed by atoms with van der Waals surface area (Å²) < 4.78 is 13.5. The number of aryl methyl sites for hydroxylation is 2. The molecule has 5 heteroatoms. The standard InChI is InChI=1S/C14H12FN3S/c1-8-3-4-10(6-12(8)15)18-13-11-5-9(2)19-14(11)17-7-16-13/h3-7H,1-2H3,(H,16,17,18). The number of halogens is 1. The van der Waals surface area contributed by atoms with E-state index in [9.17, 15) is 4.39 Å². The van der Waals surface area contributed by atoms with Crippen LogP contribution < -0.4 is 5.32 Å². The average Bonchev–Trinajstić information content (AvgIpc) is 2.75. The summed E-state index contributed by atoms with van der Waals surface area (Å²) in [5, 5.41) is 4.11. The van der Waals surface area contributed by atoms with Crippen molar-refractivity contribution in [2.45, 2.75) is 13.8 Å². The third-order valence-corrected chi connectivity index (χ3v) is 3.85. The van der Waals surface area contributed by atoms with Crippen molar-refractivity contribution >= 4 is 33.1 Å². The number of hydrogen-bond acceptors (Lipinski definition) is 4. The fraction of sp³-hybridized carbons (Fsp3) is 0.143. The van der Waals surface area contributed by atoms with Gasteiger partial charge in [-0.05, 0) is 37.6 Å². The largest absolute Gasteiger partial charge is 0.340 e. The molecule has 3 rings (SSSR count). The Morgan fingerprint density at radius 1 is 1.16 bits per heavy atom. The molecule has 0 saturated heterocycles. The Morgan fingerprint density at radius 2 is 2.00 bits per heavy atom. The first kappa shape index (κ1) is 12.0. The molecule has 96 valence electrons. The minimum absolute atomic E-state index is 0.225. The number of rotatable bonds is 2. The van der Waals surface area contributed by atoms with E-state index < -0.39 is 0 Å². The Balaban J connectivity index is 2.02. The maximum Gasteiger partial charge on any atom is 0.142 e. The Kier molecular flexibility index (Phi) is 2.91. The van der Waals surface area contributed by atoms with Crippen molar-refractivity contribution in [3.05, 3.63) is 46.9 Å². The molecule has 0 atom stereocenters. The third-order valence-electron chi connectivity index (χ3n) is 2.89. The first-order valence-corrected chi connectivity index (χ1v) is 6.69. The summed E-state index contributed by atoms with van der Waals surface area (Å²) in [5.74, 6) is 0.481.